The van der Waals surface area contributed by atoms with Gasteiger partial charge >= 0.3 is 6.03 Å². The SMILES string of the molecule is Cc1csc([C@H](C)CNC(=O)Nc2ccc3c(c2)N(C)CC3)n1. The Hall–Kier alpha value is -2.08. The first-order valence-corrected chi connectivity index (χ1v) is 8.72. The maximum Gasteiger partial charge on any atom is 0.319 e. The Kier molecular flexibility index (Phi) is 4.52. The van der Waals surface area contributed by atoms with Gasteiger partial charge in [0.25, 0.3) is 0 Å². The van der Waals surface area contributed by atoms with Crippen molar-refractivity contribution in [2.24, 2.45) is 0 Å². The van der Waals surface area contributed by atoms with Crippen LogP contribution in [0.1, 0.15) is 29.1 Å². The van der Waals surface area contributed by atoms with Crippen molar-refractivity contribution in [3.63, 3.8) is 0 Å². The zero-order valence-electron chi connectivity index (χ0n) is 13.7. The molecule has 1 aromatic heterocycles. The van der Waals surface area contributed by atoms with Gasteiger partial charge in [0.15, 0.2) is 0 Å². The van der Waals surface area contributed by atoms with Crippen molar-refractivity contribution in [3.8, 4) is 0 Å². The van der Waals surface area contributed by atoms with Crippen LogP contribution in [0.5, 0.6) is 0 Å². The summed E-state index contributed by atoms with van der Waals surface area (Å²) in [5.41, 5.74) is 4.40. The van der Waals surface area contributed by atoms with Gasteiger partial charge < -0.3 is 15.5 Å². The second kappa shape index (κ2) is 6.58. The summed E-state index contributed by atoms with van der Waals surface area (Å²) in [6, 6.07) is 5.92. The van der Waals surface area contributed by atoms with E-state index in [9.17, 15) is 4.79 Å². The zero-order chi connectivity index (χ0) is 16.4. The number of carbonyl (C=O) groups is 1. The summed E-state index contributed by atoms with van der Waals surface area (Å²) < 4.78 is 0. The van der Waals surface area contributed by atoms with E-state index in [1.807, 2.05) is 24.4 Å². The minimum atomic E-state index is -0.175. The third-order valence-corrected chi connectivity index (χ3v) is 5.29. The molecule has 2 heterocycles. The third kappa shape index (κ3) is 3.64. The summed E-state index contributed by atoms with van der Waals surface area (Å²) >= 11 is 1.64. The Bertz CT molecular complexity index is 712. The Morgan fingerprint density at radius 1 is 1.48 bits per heavy atom. The molecule has 6 heteroatoms. The molecule has 0 unspecified atom stereocenters. The molecule has 23 heavy (non-hydrogen) atoms. The minimum Gasteiger partial charge on any atom is -0.374 e. The molecule has 2 N–H and O–H groups in total. The second-order valence-electron chi connectivity index (χ2n) is 6.08. The molecular formula is C17H22N4OS. The lowest BCUT2D eigenvalue weighted by molar-refractivity contribution is 0.251. The highest BCUT2D eigenvalue weighted by molar-refractivity contribution is 7.09. The minimum absolute atomic E-state index is 0.175. The number of hydrogen-bond donors (Lipinski definition) is 2. The molecule has 0 bridgehead atoms. The van der Waals surface area contributed by atoms with Crippen molar-refractivity contribution in [1.29, 1.82) is 0 Å². The lowest BCUT2D eigenvalue weighted by Crippen LogP contribution is -2.31. The molecule has 0 aliphatic carbocycles. The number of hydrogen-bond acceptors (Lipinski definition) is 4. The number of urea groups is 1. The van der Waals surface area contributed by atoms with Gasteiger partial charge in [0, 0.05) is 48.5 Å². The first-order valence-electron chi connectivity index (χ1n) is 7.84. The number of amides is 2. The number of thiazole rings is 1. The van der Waals surface area contributed by atoms with Crippen LogP contribution in [0, 0.1) is 6.92 Å². The van der Waals surface area contributed by atoms with Crippen molar-refractivity contribution in [2.75, 3.05) is 30.4 Å². The van der Waals surface area contributed by atoms with Gasteiger partial charge in [-0.25, -0.2) is 9.78 Å². The summed E-state index contributed by atoms with van der Waals surface area (Å²) in [6.07, 6.45) is 1.07. The van der Waals surface area contributed by atoms with E-state index in [0.29, 0.717) is 6.54 Å². The molecule has 0 radical (unpaired) electrons. The van der Waals surface area contributed by atoms with Crippen molar-refractivity contribution < 1.29 is 4.79 Å². The highest BCUT2D eigenvalue weighted by atomic mass is 32.1. The average molecular weight is 330 g/mol. The highest BCUT2D eigenvalue weighted by Gasteiger charge is 2.16. The molecule has 2 aromatic rings. The maximum atomic E-state index is 12.1. The molecule has 0 fully saturated rings. The molecule has 5 nitrogen and oxygen atoms in total. The average Bonchev–Trinajstić information content (AvgIpc) is 3.12. The Morgan fingerprint density at radius 3 is 3.04 bits per heavy atom. The van der Waals surface area contributed by atoms with Gasteiger partial charge in [0.1, 0.15) is 0 Å². The number of rotatable bonds is 4. The number of nitrogens with zero attached hydrogens (tertiary/aromatic N) is 2. The van der Waals surface area contributed by atoms with Crippen molar-refractivity contribution >= 4 is 28.7 Å². The quantitative estimate of drug-likeness (QED) is 0.904. The molecule has 1 atom stereocenters. The predicted octanol–water partition coefficient (Wildman–Crippen LogP) is 3.37. The van der Waals surface area contributed by atoms with Crippen LogP contribution in [0.3, 0.4) is 0 Å². The standard InChI is InChI=1S/C17H22N4OS/c1-11(16-19-12(2)10-23-16)9-18-17(22)20-14-5-4-13-6-7-21(3)15(13)8-14/h4-5,8,10-11H,6-7,9H2,1-3H3,(H2,18,20,22)/t11-/m1/s1. The third-order valence-electron chi connectivity index (χ3n) is 4.10. The lowest BCUT2D eigenvalue weighted by Gasteiger charge is -2.14. The predicted molar refractivity (Wildman–Crippen MR) is 95.7 cm³/mol. The normalized spacial score (nSPS) is 14.5. The fourth-order valence-electron chi connectivity index (χ4n) is 2.72. The van der Waals surface area contributed by atoms with E-state index < -0.39 is 0 Å². The lowest BCUT2D eigenvalue weighted by atomic mass is 10.1. The number of nitrogens with one attached hydrogen (secondary N) is 2. The van der Waals surface area contributed by atoms with Gasteiger partial charge in [-0.15, -0.1) is 11.3 Å². The summed E-state index contributed by atoms with van der Waals surface area (Å²) in [5, 5.41) is 8.92. The molecular weight excluding hydrogens is 308 g/mol. The van der Waals surface area contributed by atoms with Gasteiger partial charge in [0.05, 0.1) is 5.01 Å². The van der Waals surface area contributed by atoms with E-state index in [-0.39, 0.29) is 11.9 Å². The topological polar surface area (TPSA) is 57.3 Å². The van der Waals surface area contributed by atoms with E-state index in [1.165, 1.54) is 11.3 Å². The van der Waals surface area contributed by atoms with Crippen molar-refractivity contribution in [1.82, 2.24) is 10.3 Å². The molecule has 2 amide bonds. The van der Waals surface area contributed by atoms with Crippen LogP contribution in [-0.4, -0.2) is 31.2 Å². The molecule has 3 rings (SSSR count). The van der Waals surface area contributed by atoms with E-state index in [1.54, 1.807) is 11.3 Å². The fraction of sp³-hybridized carbons (Fsp3) is 0.412. The number of aromatic nitrogens is 1. The molecule has 0 spiro atoms. The molecule has 0 saturated carbocycles. The monoisotopic (exact) mass is 330 g/mol. The van der Waals surface area contributed by atoms with Crippen molar-refractivity contribution in [3.05, 3.63) is 39.8 Å². The summed E-state index contributed by atoms with van der Waals surface area (Å²) in [4.78, 5) is 18.8. The van der Waals surface area contributed by atoms with Gasteiger partial charge in [0.2, 0.25) is 0 Å². The van der Waals surface area contributed by atoms with Crippen LogP contribution >= 0.6 is 11.3 Å². The molecule has 1 aliphatic rings. The Labute approximate surface area is 140 Å². The highest BCUT2D eigenvalue weighted by Crippen LogP contribution is 2.29. The smallest absolute Gasteiger partial charge is 0.319 e. The first-order chi connectivity index (χ1) is 11.0. The van der Waals surface area contributed by atoms with Gasteiger partial charge in [-0.2, -0.15) is 0 Å². The maximum absolute atomic E-state index is 12.1. The van der Waals surface area contributed by atoms with Gasteiger partial charge in [-0.3, -0.25) is 0 Å². The number of aryl methyl sites for hydroxylation is 1. The number of anilines is 2. The summed E-state index contributed by atoms with van der Waals surface area (Å²) in [7, 11) is 2.08. The van der Waals surface area contributed by atoms with Crippen LogP contribution in [-0.2, 0) is 6.42 Å². The van der Waals surface area contributed by atoms with E-state index >= 15 is 0 Å². The second-order valence-corrected chi connectivity index (χ2v) is 6.97. The molecule has 122 valence electrons. The molecule has 0 saturated heterocycles. The van der Waals surface area contributed by atoms with Crippen molar-refractivity contribution in [2.45, 2.75) is 26.2 Å². The Balaban J connectivity index is 1.54. The summed E-state index contributed by atoms with van der Waals surface area (Å²) in [6.45, 7) is 5.67. The van der Waals surface area contributed by atoms with E-state index in [4.69, 9.17) is 0 Å². The largest absolute Gasteiger partial charge is 0.374 e. The van der Waals surface area contributed by atoms with Crippen LogP contribution < -0.4 is 15.5 Å². The van der Waals surface area contributed by atoms with E-state index in [2.05, 4.69) is 40.6 Å². The van der Waals surface area contributed by atoms with Crippen LogP contribution in [0.15, 0.2) is 23.6 Å². The first kappa shape index (κ1) is 15.8. The van der Waals surface area contributed by atoms with E-state index in [0.717, 1.165) is 29.4 Å². The molecule has 1 aliphatic heterocycles. The number of likely N-dealkylation sites (N-methyl/N-ethyl adjacent to an activating group) is 1. The summed E-state index contributed by atoms with van der Waals surface area (Å²) in [5.74, 6) is 0.214. The number of carbonyl (C=O) groups excluding carboxylic acids is 1. The van der Waals surface area contributed by atoms with Crippen LogP contribution in [0.25, 0.3) is 0 Å². The number of benzene rings is 1. The zero-order valence-corrected chi connectivity index (χ0v) is 14.5. The fourth-order valence-corrected chi connectivity index (χ4v) is 3.58. The Morgan fingerprint density at radius 2 is 2.30 bits per heavy atom. The van der Waals surface area contributed by atoms with Gasteiger partial charge in [-0.05, 0) is 31.0 Å². The van der Waals surface area contributed by atoms with Crippen LogP contribution in [0.4, 0.5) is 16.2 Å². The van der Waals surface area contributed by atoms with Crippen LogP contribution in [0.2, 0.25) is 0 Å². The number of fused-ring (bicyclic) bond motifs is 1. The molecule has 1 aromatic carbocycles. The van der Waals surface area contributed by atoms with Gasteiger partial charge in [-0.1, -0.05) is 13.0 Å².